The van der Waals surface area contributed by atoms with Gasteiger partial charge in [0.2, 0.25) is 0 Å². The van der Waals surface area contributed by atoms with Crippen LogP contribution in [0.25, 0.3) is 11.5 Å². The second-order valence-electron chi connectivity index (χ2n) is 8.00. The molecule has 166 valence electrons. The monoisotopic (exact) mass is 433 g/mol. The van der Waals surface area contributed by atoms with E-state index in [1.54, 1.807) is 12.3 Å². The largest absolute Gasteiger partial charge is 0.493 e. The van der Waals surface area contributed by atoms with Crippen LogP contribution in [0.2, 0.25) is 0 Å². The Bertz CT molecular complexity index is 1090. The Morgan fingerprint density at radius 1 is 0.969 bits per heavy atom. The summed E-state index contributed by atoms with van der Waals surface area (Å²) in [6, 6.07) is 11.4. The Labute approximate surface area is 187 Å². The molecule has 2 aliphatic heterocycles. The number of nitrogens with zero attached hydrogens (tertiary/aromatic N) is 4. The highest BCUT2D eigenvalue weighted by molar-refractivity contribution is 6.06. The van der Waals surface area contributed by atoms with Crippen LogP contribution in [0, 0.1) is 0 Å². The van der Waals surface area contributed by atoms with Crippen LogP contribution in [0.4, 0.5) is 11.5 Å². The molecule has 1 N–H and O–H groups in total. The van der Waals surface area contributed by atoms with E-state index in [0.717, 1.165) is 56.1 Å². The lowest BCUT2D eigenvalue weighted by Crippen LogP contribution is -2.36. The minimum absolute atomic E-state index is 0.238. The van der Waals surface area contributed by atoms with Gasteiger partial charge in [-0.1, -0.05) is 6.07 Å². The van der Waals surface area contributed by atoms with Crippen LogP contribution in [0.15, 0.2) is 48.8 Å². The van der Waals surface area contributed by atoms with Gasteiger partial charge in [0, 0.05) is 37.7 Å². The van der Waals surface area contributed by atoms with Gasteiger partial charge in [-0.3, -0.25) is 4.79 Å². The molecule has 2 aromatic heterocycles. The number of carbonyl (C=O) groups is 1. The van der Waals surface area contributed by atoms with E-state index < -0.39 is 0 Å². The van der Waals surface area contributed by atoms with Gasteiger partial charge in [0.15, 0.2) is 5.82 Å². The van der Waals surface area contributed by atoms with E-state index in [1.165, 1.54) is 0 Å². The van der Waals surface area contributed by atoms with Gasteiger partial charge in [-0.2, -0.15) is 0 Å². The lowest BCUT2D eigenvalue weighted by atomic mass is 10.1. The number of hydrogen-bond acceptors (Lipinski definition) is 6. The molecule has 1 fully saturated rings. The molecule has 2 bridgehead atoms. The van der Waals surface area contributed by atoms with E-state index in [9.17, 15) is 4.79 Å². The van der Waals surface area contributed by atoms with E-state index in [-0.39, 0.29) is 5.91 Å². The summed E-state index contributed by atoms with van der Waals surface area (Å²) >= 11 is 0. The molecule has 0 spiro atoms. The second-order valence-corrected chi connectivity index (χ2v) is 8.00. The number of hydrogen-bond donors (Lipinski definition) is 1. The normalized spacial score (nSPS) is 17.2. The number of imidazole rings is 1. The fourth-order valence-electron chi connectivity index (χ4n) is 4.12. The van der Waals surface area contributed by atoms with E-state index >= 15 is 0 Å². The first-order chi connectivity index (χ1) is 15.8. The van der Waals surface area contributed by atoms with Crippen molar-refractivity contribution < 1.29 is 14.3 Å². The summed E-state index contributed by atoms with van der Waals surface area (Å²) in [5.41, 5.74) is 2.24. The highest BCUT2D eigenvalue weighted by Crippen LogP contribution is 2.28. The van der Waals surface area contributed by atoms with Gasteiger partial charge in [-0.15, -0.1) is 0 Å². The van der Waals surface area contributed by atoms with Gasteiger partial charge in [0.25, 0.3) is 5.91 Å². The predicted octanol–water partition coefficient (Wildman–Crippen LogP) is 3.60. The first kappa shape index (κ1) is 20.5. The fraction of sp³-hybridized carbons (Fsp3) is 0.375. The van der Waals surface area contributed by atoms with E-state index in [1.807, 2.05) is 36.5 Å². The molecule has 4 heterocycles. The summed E-state index contributed by atoms with van der Waals surface area (Å²) in [4.78, 5) is 24.6. The number of fused-ring (bicyclic) bond motifs is 5. The van der Waals surface area contributed by atoms with Gasteiger partial charge < -0.3 is 24.3 Å². The number of aryl methyl sites for hydroxylation is 1. The van der Waals surface area contributed by atoms with Crippen LogP contribution in [0.1, 0.15) is 29.6 Å². The highest BCUT2D eigenvalue weighted by atomic mass is 16.5. The molecule has 5 rings (SSSR count). The zero-order valence-corrected chi connectivity index (χ0v) is 18.0. The van der Waals surface area contributed by atoms with Crippen molar-refractivity contribution in [3.05, 3.63) is 54.4 Å². The topological polar surface area (TPSA) is 81.5 Å². The molecule has 8 nitrogen and oxygen atoms in total. The van der Waals surface area contributed by atoms with E-state index in [0.29, 0.717) is 37.0 Å². The minimum atomic E-state index is -0.238. The average Bonchev–Trinajstić information content (AvgIpc) is 3.30. The van der Waals surface area contributed by atoms with Gasteiger partial charge in [0.05, 0.1) is 25.4 Å². The van der Waals surface area contributed by atoms with Gasteiger partial charge >= 0.3 is 0 Å². The fourth-order valence-corrected chi connectivity index (χ4v) is 4.12. The maximum Gasteiger partial charge on any atom is 0.260 e. The molecule has 0 aliphatic carbocycles. The molecular formula is C24H27N5O3. The van der Waals surface area contributed by atoms with Crippen molar-refractivity contribution in [3.63, 3.8) is 0 Å². The van der Waals surface area contributed by atoms with Crippen molar-refractivity contribution >= 4 is 17.4 Å². The van der Waals surface area contributed by atoms with Gasteiger partial charge in [0.1, 0.15) is 17.3 Å². The zero-order valence-electron chi connectivity index (χ0n) is 18.0. The molecule has 1 saturated heterocycles. The standard InChI is InChI=1S/C24H27N5O3/c30-24-19-17-18(28-12-15-31-16-13-28)7-8-21(19)32-14-3-1-2-10-29-11-9-25-23(29)20-5-4-6-22(26-20)27-24/h4-9,11,17H,1-3,10,12-16H2,(H,26,27,30). The van der Waals surface area contributed by atoms with Crippen LogP contribution >= 0.6 is 0 Å². The summed E-state index contributed by atoms with van der Waals surface area (Å²) in [5.74, 6) is 1.65. The lowest BCUT2D eigenvalue weighted by molar-refractivity contribution is 0.102. The number of anilines is 2. The molecule has 1 aromatic carbocycles. The summed E-state index contributed by atoms with van der Waals surface area (Å²) in [6.45, 7) is 4.42. The molecule has 0 saturated carbocycles. The number of benzene rings is 1. The lowest BCUT2D eigenvalue weighted by Gasteiger charge is -2.29. The number of rotatable bonds is 1. The quantitative estimate of drug-likeness (QED) is 0.632. The second kappa shape index (κ2) is 9.40. The number of morpholine rings is 1. The smallest absolute Gasteiger partial charge is 0.260 e. The summed E-state index contributed by atoms with van der Waals surface area (Å²) in [5, 5.41) is 2.95. The Balaban J connectivity index is 1.48. The Morgan fingerprint density at radius 2 is 1.88 bits per heavy atom. The van der Waals surface area contributed by atoms with Crippen LogP contribution in [0.3, 0.4) is 0 Å². The molecule has 3 aromatic rings. The molecule has 8 heteroatoms. The van der Waals surface area contributed by atoms with Crippen molar-refractivity contribution in [3.8, 4) is 17.3 Å². The van der Waals surface area contributed by atoms with E-state index in [2.05, 4.69) is 24.8 Å². The maximum absolute atomic E-state index is 13.3. The van der Waals surface area contributed by atoms with Crippen molar-refractivity contribution in [2.75, 3.05) is 43.1 Å². The van der Waals surface area contributed by atoms with Crippen LogP contribution in [-0.4, -0.2) is 53.4 Å². The zero-order chi connectivity index (χ0) is 21.8. The van der Waals surface area contributed by atoms with Gasteiger partial charge in [-0.05, 0) is 49.6 Å². The summed E-state index contributed by atoms with van der Waals surface area (Å²) in [7, 11) is 0. The number of pyridine rings is 1. The minimum Gasteiger partial charge on any atom is -0.493 e. The van der Waals surface area contributed by atoms with Crippen molar-refractivity contribution in [2.45, 2.75) is 25.8 Å². The van der Waals surface area contributed by atoms with Crippen LogP contribution in [-0.2, 0) is 11.3 Å². The molecule has 32 heavy (non-hydrogen) atoms. The van der Waals surface area contributed by atoms with Crippen molar-refractivity contribution in [1.82, 2.24) is 14.5 Å². The number of aromatic nitrogens is 3. The first-order valence-electron chi connectivity index (χ1n) is 11.2. The predicted molar refractivity (Wildman–Crippen MR) is 122 cm³/mol. The van der Waals surface area contributed by atoms with Crippen molar-refractivity contribution in [2.24, 2.45) is 0 Å². The summed E-state index contributed by atoms with van der Waals surface area (Å²) < 4.78 is 13.6. The van der Waals surface area contributed by atoms with Crippen LogP contribution < -0.4 is 15.0 Å². The highest BCUT2D eigenvalue weighted by Gasteiger charge is 2.19. The van der Waals surface area contributed by atoms with E-state index in [4.69, 9.17) is 9.47 Å². The third kappa shape index (κ3) is 4.45. The molecule has 0 unspecified atom stereocenters. The Hall–Kier alpha value is -3.39. The Morgan fingerprint density at radius 3 is 2.78 bits per heavy atom. The van der Waals surface area contributed by atoms with Crippen molar-refractivity contribution in [1.29, 1.82) is 0 Å². The van der Waals surface area contributed by atoms with Crippen LogP contribution in [0.5, 0.6) is 5.75 Å². The third-order valence-electron chi connectivity index (χ3n) is 5.82. The Kier molecular flexibility index (Phi) is 6.02. The third-order valence-corrected chi connectivity index (χ3v) is 5.82. The molecule has 0 radical (unpaired) electrons. The molecule has 2 aliphatic rings. The molecular weight excluding hydrogens is 406 g/mol. The number of carbonyl (C=O) groups excluding carboxylic acids is 1. The number of ether oxygens (including phenoxy) is 2. The molecule has 1 amide bonds. The average molecular weight is 434 g/mol. The number of nitrogens with one attached hydrogen (secondary N) is 1. The molecule has 0 atom stereocenters. The van der Waals surface area contributed by atoms with Gasteiger partial charge in [-0.25, -0.2) is 9.97 Å². The summed E-state index contributed by atoms with van der Waals surface area (Å²) in [6.07, 6.45) is 6.73. The number of amides is 1. The maximum atomic E-state index is 13.3. The first-order valence-corrected chi connectivity index (χ1v) is 11.2. The SMILES string of the molecule is O=C1Nc2cccc(n2)-c2nccn2CCCCCOc2ccc(N3CCOCC3)cc21.